The van der Waals surface area contributed by atoms with E-state index < -0.39 is 0 Å². The summed E-state index contributed by atoms with van der Waals surface area (Å²) in [6, 6.07) is 0. The number of hydrogen-bond acceptors (Lipinski definition) is 0. The van der Waals surface area contributed by atoms with Crippen LogP contribution in [-0.2, 0) is 0 Å². The fraction of sp³-hybridized carbons (Fsp3) is 0.875. The van der Waals surface area contributed by atoms with Crippen LogP contribution < -0.4 is 24.0 Å². The molecule has 0 N–H and O–H groups in total. The van der Waals surface area contributed by atoms with Crippen LogP contribution in [-0.4, -0.2) is 23.1 Å². The molecule has 0 aliphatic rings. The maximum absolute atomic E-state index is 2.25. The summed E-state index contributed by atoms with van der Waals surface area (Å²) in [4.78, 5) is 0. The fourth-order valence-electron chi connectivity index (χ4n) is 0.667. The Hall–Kier alpha value is 1.50. The Morgan fingerprint density at radius 2 is 1.10 bits per heavy atom. The van der Waals surface area contributed by atoms with Crippen molar-refractivity contribution < 1.29 is 24.0 Å². The van der Waals surface area contributed by atoms with E-state index in [4.69, 9.17) is 0 Å². The Labute approximate surface area is 98.7 Å². The van der Waals surface area contributed by atoms with Crippen molar-refractivity contribution in [2.24, 2.45) is 11.8 Å². The molecule has 0 aliphatic carbocycles. The predicted octanol–water partition coefficient (Wildman–Crippen LogP) is -0.484. The molecule has 0 radical (unpaired) electrons. The second-order valence-corrected chi connectivity index (χ2v) is 3.05. The van der Waals surface area contributed by atoms with Crippen molar-refractivity contribution in [2.75, 3.05) is 0 Å². The first-order valence-electron chi connectivity index (χ1n) is 3.39. The molecule has 0 aromatic rings. The smallest absolute Gasteiger partial charge is 1.00 e. The summed E-state index contributed by atoms with van der Waals surface area (Å²) in [5.41, 5.74) is 0. The van der Waals surface area contributed by atoms with Gasteiger partial charge in [-0.2, -0.15) is 18.8 Å². The van der Waals surface area contributed by atoms with Crippen LogP contribution in [0.15, 0.2) is 0 Å². The summed E-state index contributed by atoms with van der Waals surface area (Å²) < 4.78 is 0. The Bertz CT molecular complexity index is 54.3. The molecular weight excluding hydrogens is 247 g/mol. The van der Waals surface area contributed by atoms with E-state index in [1.807, 2.05) is 0 Å². The van der Waals surface area contributed by atoms with Gasteiger partial charge in [0.2, 0.25) is 0 Å². The molecule has 0 fully saturated rings. The standard InChI is InChI=1S/C8H17.HI.Mg/c1-6(2)8(5)7(3)4;;/h6-7H,1-5H3;1H;/q-1;;+2/p-1. The monoisotopic (exact) mass is 264 g/mol. The summed E-state index contributed by atoms with van der Waals surface area (Å²) in [5, 5.41) is 0. The molecular formula is C8H17IMg. The summed E-state index contributed by atoms with van der Waals surface area (Å²) in [5.74, 6) is 3.12. The first-order valence-corrected chi connectivity index (χ1v) is 3.39. The quantitative estimate of drug-likeness (QED) is 0.359. The number of hydrogen-bond donors (Lipinski definition) is 0. The normalized spacial score (nSPS) is 9.60. The van der Waals surface area contributed by atoms with Crippen LogP contribution in [0.1, 0.15) is 34.6 Å². The zero-order valence-corrected chi connectivity index (χ0v) is 11.3. The molecule has 2 heteroatoms. The van der Waals surface area contributed by atoms with E-state index in [1.165, 1.54) is 0 Å². The summed E-state index contributed by atoms with van der Waals surface area (Å²) in [6.07, 6.45) is 0. The van der Waals surface area contributed by atoms with Crippen LogP contribution in [0.3, 0.4) is 0 Å². The van der Waals surface area contributed by atoms with Crippen molar-refractivity contribution in [3.8, 4) is 0 Å². The zero-order valence-electron chi connectivity index (χ0n) is 7.74. The molecule has 0 aliphatic heterocycles. The third kappa shape index (κ3) is 7.60. The molecule has 0 aromatic carbocycles. The second-order valence-electron chi connectivity index (χ2n) is 3.05. The Kier molecular flexibility index (Phi) is 15.1. The van der Waals surface area contributed by atoms with Gasteiger partial charge in [0.15, 0.2) is 0 Å². The van der Waals surface area contributed by atoms with E-state index >= 15 is 0 Å². The van der Waals surface area contributed by atoms with E-state index in [9.17, 15) is 0 Å². The average Bonchev–Trinajstić information content (AvgIpc) is 1.64. The van der Waals surface area contributed by atoms with Crippen molar-refractivity contribution >= 4 is 23.1 Å². The van der Waals surface area contributed by atoms with Gasteiger partial charge >= 0.3 is 23.1 Å². The maximum atomic E-state index is 2.25. The largest absolute Gasteiger partial charge is 2.00 e. The van der Waals surface area contributed by atoms with E-state index in [1.54, 1.807) is 5.92 Å². The third-order valence-electron chi connectivity index (χ3n) is 1.82. The minimum Gasteiger partial charge on any atom is -1.00 e. The van der Waals surface area contributed by atoms with Gasteiger partial charge in [0.05, 0.1) is 0 Å². The summed E-state index contributed by atoms with van der Waals surface area (Å²) in [7, 11) is 0. The van der Waals surface area contributed by atoms with Crippen molar-refractivity contribution in [1.29, 1.82) is 0 Å². The molecule has 0 amide bonds. The van der Waals surface area contributed by atoms with Gasteiger partial charge in [-0.15, -0.1) is 0 Å². The van der Waals surface area contributed by atoms with Crippen LogP contribution in [0.25, 0.3) is 0 Å². The zero-order chi connectivity index (χ0) is 6.73. The van der Waals surface area contributed by atoms with Gasteiger partial charge in [-0.1, -0.05) is 27.7 Å². The number of rotatable bonds is 2. The molecule has 0 nitrogen and oxygen atoms in total. The van der Waals surface area contributed by atoms with Crippen LogP contribution in [0.4, 0.5) is 0 Å². The maximum Gasteiger partial charge on any atom is 2.00 e. The van der Waals surface area contributed by atoms with E-state index in [0.29, 0.717) is 0 Å². The molecule has 58 valence electrons. The van der Waals surface area contributed by atoms with Gasteiger partial charge in [0, 0.05) is 0 Å². The minimum absolute atomic E-state index is 0. The van der Waals surface area contributed by atoms with Crippen LogP contribution >= 0.6 is 0 Å². The minimum atomic E-state index is 0. The molecule has 0 aromatic heterocycles. The van der Waals surface area contributed by atoms with Gasteiger partial charge in [0.1, 0.15) is 0 Å². The summed E-state index contributed by atoms with van der Waals surface area (Å²) in [6.45, 7) is 11.2. The van der Waals surface area contributed by atoms with E-state index in [0.717, 1.165) is 11.8 Å². The van der Waals surface area contributed by atoms with Gasteiger partial charge in [-0.3, -0.25) is 0 Å². The summed E-state index contributed by atoms with van der Waals surface area (Å²) >= 11 is 0. The Balaban J connectivity index is -0.000000245. The first-order chi connectivity index (χ1) is 3.55. The molecule has 0 atom stereocenters. The Morgan fingerprint density at radius 1 is 0.900 bits per heavy atom. The molecule has 0 spiro atoms. The van der Waals surface area contributed by atoms with Crippen molar-refractivity contribution in [3.05, 3.63) is 5.92 Å². The second kappa shape index (κ2) is 8.59. The number of halogens is 1. The predicted molar refractivity (Wildman–Crippen MR) is 44.3 cm³/mol. The van der Waals surface area contributed by atoms with Gasteiger partial charge in [0.25, 0.3) is 0 Å². The van der Waals surface area contributed by atoms with E-state index in [-0.39, 0.29) is 47.0 Å². The van der Waals surface area contributed by atoms with E-state index in [2.05, 4.69) is 34.6 Å². The third-order valence-corrected chi connectivity index (χ3v) is 1.82. The van der Waals surface area contributed by atoms with Crippen molar-refractivity contribution in [1.82, 2.24) is 0 Å². The topological polar surface area (TPSA) is 0 Å². The molecule has 0 saturated heterocycles. The molecule has 0 unspecified atom stereocenters. The van der Waals surface area contributed by atoms with Crippen LogP contribution in [0, 0.1) is 17.8 Å². The molecule has 0 saturated carbocycles. The molecule has 0 heterocycles. The van der Waals surface area contributed by atoms with Crippen LogP contribution in [0.5, 0.6) is 0 Å². The first kappa shape index (κ1) is 17.5. The molecule has 0 bridgehead atoms. The van der Waals surface area contributed by atoms with Gasteiger partial charge in [-0.05, 0) is 0 Å². The van der Waals surface area contributed by atoms with Crippen molar-refractivity contribution in [2.45, 2.75) is 34.6 Å². The van der Waals surface area contributed by atoms with Crippen LogP contribution in [0.2, 0.25) is 0 Å². The van der Waals surface area contributed by atoms with Gasteiger partial charge in [-0.25, -0.2) is 0 Å². The average molecular weight is 264 g/mol. The van der Waals surface area contributed by atoms with Gasteiger partial charge < -0.3 is 29.9 Å². The fourth-order valence-corrected chi connectivity index (χ4v) is 0.667. The Morgan fingerprint density at radius 3 is 1.10 bits per heavy atom. The van der Waals surface area contributed by atoms with Crippen molar-refractivity contribution in [3.63, 3.8) is 0 Å². The molecule has 10 heavy (non-hydrogen) atoms. The SMILES string of the molecule is C[C-](C(C)C)C(C)C.[I-].[Mg+2]. The molecule has 0 rings (SSSR count).